The lowest BCUT2D eigenvalue weighted by Gasteiger charge is -2.20. The van der Waals surface area contributed by atoms with E-state index in [0.29, 0.717) is 36.6 Å². The van der Waals surface area contributed by atoms with Gasteiger partial charge in [0.25, 0.3) is 5.91 Å². The van der Waals surface area contributed by atoms with Crippen molar-refractivity contribution < 1.29 is 22.3 Å². The van der Waals surface area contributed by atoms with E-state index in [4.69, 9.17) is 10.5 Å². The first-order valence-electron chi connectivity index (χ1n) is 8.75. The van der Waals surface area contributed by atoms with E-state index in [9.17, 15) is 17.6 Å². The first-order valence-corrected chi connectivity index (χ1v) is 11.2. The number of thioether (sulfide) groups is 1. The Bertz CT molecular complexity index is 935. The maximum Gasteiger partial charge on any atom is 0.255 e. The summed E-state index contributed by atoms with van der Waals surface area (Å²) in [6.45, 7) is 0.402. The molecule has 0 aromatic heterocycles. The van der Waals surface area contributed by atoms with Gasteiger partial charge in [-0.1, -0.05) is 18.2 Å². The zero-order chi connectivity index (χ0) is 20.1. The molecule has 3 rings (SSSR count). The molecule has 6 nitrogen and oxygen atoms in total. The van der Waals surface area contributed by atoms with E-state index in [-0.39, 0.29) is 22.6 Å². The molecule has 9 heteroatoms. The summed E-state index contributed by atoms with van der Waals surface area (Å²) in [4.78, 5) is 10.9. The number of primary amides is 1. The zero-order valence-electron chi connectivity index (χ0n) is 15.1. The summed E-state index contributed by atoms with van der Waals surface area (Å²) < 4.78 is 46.6. The Labute approximate surface area is 167 Å². The molecule has 150 valence electrons. The van der Waals surface area contributed by atoms with Gasteiger partial charge in [-0.2, -0.15) is 16.1 Å². The third-order valence-corrected chi connectivity index (χ3v) is 7.62. The van der Waals surface area contributed by atoms with Gasteiger partial charge in [0.2, 0.25) is 10.0 Å². The lowest BCUT2D eigenvalue weighted by molar-refractivity contribution is -0.119. The highest BCUT2D eigenvalue weighted by Gasteiger charge is 2.29. The number of amides is 1. The number of hydrogen-bond acceptors (Lipinski definition) is 5. The number of rotatable bonds is 6. The number of sulfonamides is 1. The highest BCUT2D eigenvalue weighted by atomic mass is 32.2. The van der Waals surface area contributed by atoms with Crippen LogP contribution >= 0.6 is 11.8 Å². The van der Waals surface area contributed by atoms with Gasteiger partial charge >= 0.3 is 0 Å². The molecule has 1 aliphatic rings. The van der Waals surface area contributed by atoms with Crippen LogP contribution in [0.5, 0.6) is 5.75 Å². The van der Waals surface area contributed by atoms with E-state index in [1.54, 1.807) is 30.0 Å². The summed E-state index contributed by atoms with van der Waals surface area (Å²) in [6.07, 6.45) is 0.532. The van der Waals surface area contributed by atoms with Gasteiger partial charge in [0.05, 0.1) is 4.90 Å². The maximum atomic E-state index is 14.1. The Balaban J connectivity index is 1.70. The molecule has 0 saturated carbocycles. The number of ether oxygens (including phenoxy) is 1. The second-order valence-corrected chi connectivity index (χ2v) is 9.55. The van der Waals surface area contributed by atoms with Crippen LogP contribution in [0.2, 0.25) is 0 Å². The van der Waals surface area contributed by atoms with Crippen molar-refractivity contribution in [3.8, 4) is 5.75 Å². The van der Waals surface area contributed by atoms with Gasteiger partial charge < -0.3 is 10.5 Å². The van der Waals surface area contributed by atoms with Crippen molar-refractivity contribution in [1.82, 2.24) is 4.31 Å². The smallest absolute Gasteiger partial charge is 0.255 e. The van der Waals surface area contributed by atoms with E-state index < -0.39 is 15.9 Å². The van der Waals surface area contributed by atoms with Gasteiger partial charge in [-0.3, -0.25) is 4.79 Å². The Morgan fingerprint density at radius 2 is 1.89 bits per heavy atom. The molecule has 28 heavy (non-hydrogen) atoms. The Hall–Kier alpha value is -2.10. The van der Waals surface area contributed by atoms with Crippen LogP contribution in [0.25, 0.3) is 0 Å². The summed E-state index contributed by atoms with van der Waals surface area (Å²) in [7, 11) is -3.67. The monoisotopic (exact) mass is 424 g/mol. The maximum absolute atomic E-state index is 14.1. The minimum Gasteiger partial charge on any atom is -0.484 e. The van der Waals surface area contributed by atoms with Crippen LogP contribution in [0.1, 0.15) is 17.2 Å². The predicted octanol–water partition coefficient (Wildman–Crippen LogP) is 2.56. The lowest BCUT2D eigenvalue weighted by atomic mass is 10.1. The van der Waals surface area contributed by atoms with Crippen LogP contribution in [-0.4, -0.2) is 44.1 Å². The molecule has 0 bridgehead atoms. The molecule has 0 radical (unpaired) electrons. The SMILES string of the molecule is NC(=O)COc1ccc(S(=O)(=O)N2CCSC(c3ccccc3F)CC2)cc1. The summed E-state index contributed by atoms with van der Waals surface area (Å²) in [5.41, 5.74) is 5.64. The number of nitrogens with zero attached hydrogens (tertiary/aromatic N) is 1. The van der Waals surface area contributed by atoms with Crippen LogP contribution in [-0.2, 0) is 14.8 Å². The average Bonchev–Trinajstić information content (AvgIpc) is 2.94. The van der Waals surface area contributed by atoms with E-state index in [1.807, 2.05) is 0 Å². The first-order chi connectivity index (χ1) is 13.4. The van der Waals surface area contributed by atoms with E-state index in [0.717, 1.165) is 0 Å². The Morgan fingerprint density at radius 3 is 2.57 bits per heavy atom. The van der Waals surface area contributed by atoms with Gasteiger partial charge in [-0.25, -0.2) is 12.8 Å². The molecular weight excluding hydrogens is 403 g/mol. The van der Waals surface area contributed by atoms with Gasteiger partial charge in [0, 0.05) is 29.7 Å². The van der Waals surface area contributed by atoms with Crippen LogP contribution in [0, 0.1) is 5.82 Å². The quantitative estimate of drug-likeness (QED) is 0.770. The Kier molecular flexibility index (Phi) is 6.58. The van der Waals surface area contributed by atoms with Crippen molar-refractivity contribution in [1.29, 1.82) is 0 Å². The number of benzene rings is 2. The summed E-state index contributed by atoms with van der Waals surface area (Å²) in [6, 6.07) is 12.5. The van der Waals surface area contributed by atoms with Crippen LogP contribution in [0.3, 0.4) is 0 Å². The van der Waals surface area contributed by atoms with E-state index in [1.165, 1.54) is 34.6 Å². The van der Waals surface area contributed by atoms with Gasteiger partial charge in [0.1, 0.15) is 11.6 Å². The summed E-state index contributed by atoms with van der Waals surface area (Å²) >= 11 is 1.57. The first kappa shape index (κ1) is 20.6. The van der Waals surface area contributed by atoms with Gasteiger partial charge in [-0.05, 0) is 36.8 Å². The predicted molar refractivity (Wildman–Crippen MR) is 106 cm³/mol. The fourth-order valence-electron chi connectivity index (χ4n) is 2.99. The fraction of sp³-hybridized carbons (Fsp3) is 0.316. The molecule has 2 aromatic carbocycles. The highest BCUT2D eigenvalue weighted by molar-refractivity contribution is 7.99. The zero-order valence-corrected chi connectivity index (χ0v) is 16.7. The molecule has 2 N–H and O–H groups in total. The third kappa shape index (κ3) is 4.84. The second kappa shape index (κ2) is 8.93. The molecule has 1 aliphatic heterocycles. The molecule has 1 fully saturated rings. The molecule has 1 atom stereocenters. The largest absolute Gasteiger partial charge is 0.484 e. The fourth-order valence-corrected chi connectivity index (χ4v) is 5.81. The molecule has 0 aliphatic carbocycles. The number of carbonyl (C=O) groups is 1. The molecule has 1 amide bonds. The number of halogens is 1. The van der Waals surface area contributed by atoms with Crippen molar-refractivity contribution in [2.45, 2.75) is 16.6 Å². The Morgan fingerprint density at radius 1 is 1.18 bits per heavy atom. The van der Waals surface area contributed by atoms with Crippen molar-refractivity contribution in [3.63, 3.8) is 0 Å². The molecule has 2 aromatic rings. The van der Waals surface area contributed by atoms with Crippen molar-refractivity contribution in [2.24, 2.45) is 5.73 Å². The van der Waals surface area contributed by atoms with Crippen molar-refractivity contribution >= 4 is 27.7 Å². The van der Waals surface area contributed by atoms with Crippen molar-refractivity contribution in [2.75, 3.05) is 25.4 Å². The lowest BCUT2D eigenvalue weighted by Crippen LogP contribution is -2.33. The third-order valence-electron chi connectivity index (χ3n) is 4.40. The molecule has 0 spiro atoms. The van der Waals surface area contributed by atoms with Gasteiger partial charge in [-0.15, -0.1) is 0 Å². The topological polar surface area (TPSA) is 89.7 Å². The molecular formula is C19H21FN2O4S2. The normalized spacial score (nSPS) is 18.4. The molecule has 1 unspecified atom stereocenters. The summed E-state index contributed by atoms with van der Waals surface area (Å²) in [5, 5.41) is -0.0778. The highest BCUT2D eigenvalue weighted by Crippen LogP contribution is 2.36. The van der Waals surface area contributed by atoms with E-state index >= 15 is 0 Å². The molecule has 1 saturated heterocycles. The van der Waals surface area contributed by atoms with Crippen LogP contribution < -0.4 is 10.5 Å². The minimum atomic E-state index is -3.67. The standard InChI is InChI=1S/C19H21FN2O4S2/c20-17-4-2-1-3-16(17)18-9-10-22(11-12-27-18)28(24,25)15-7-5-14(6-8-15)26-13-19(21)23/h1-8,18H,9-13H2,(H2,21,23). The van der Waals surface area contributed by atoms with Crippen LogP contribution in [0.4, 0.5) is 4.39 Å². The number of nitrogens with two attached hydrogens (primary N) is 1. The van der Waals surface area contributed by atoms with Crippen LogP contribution in [0.15, 0.2) is 53.4 Å². The molecule has 1 heterocycles. The van der Waals surface area contributed by atoms with Gasteiger partial charge in [0.15, 0.2) is 6.61 Å². The number of carbonyl (C=O) groups excluding carboxylic acids is 1. The minimum absolute atomic E-state index is 0.0778. The average molecular weight is 425 g/mol. The number of hydrogen-bond donors (Lipinski definition) is 1. The second-order valence-electron chi connectivity index (χ2n) is 6.30. The van der Waals surface area contributed by atoms with Crippen molar-refractivity contribution in [3.05, 3.63) is 59.9 Å². The summed E-state index contributed by atoms with van der Waals surface area (Å²) in [5.74, 6) is 0.0766. The van der Waals surface area contributed by atoms with E-state index in [2.05, 4.69) is 0 Å².